The molecular formula is C20H27N3O3S. The molecule has 0 spiro atoms. The van der Waals surface area contributed by atoms with Crippen molar-refractivity contribution in [2.75, 3.05) is 7.11 Å². The number of nitrogens with two attached hydrogens (primary N) is 1. The van der Waals surface area contributed by atoms with E-state index in [1.54, 1.807) is 12.1 Å². The van der Waals surface area contributed by atoms with Crippen molar-refractivity contribution in [3.8, 4) is 5.75 Å². The first-order valence-electron chi connectivity index (χ1n) is 8.96. The molecule has 0 unspecified atom stereocenters. The van der Waals surface area contributed by atoms with Gasteiger partial charge in [-0.15, -0.1) is 0 Å². The number of primary amides is 1. The van der Waals surface area contributed by atoms with Crippen LogP contribution in [0.25, 0.3) is 0 Å². The summed E-state index contributed by atoms with van der Waals surface area (Å²) in [4.78, 5) is 28.6. The number of benzene rings is 1. The van der Waals surface area contributed by atoms with E-state index in [-0.39, 0.29) is 11.1 Å². The van der Waals surface area contributed by atoms with E-state index in [4.69, 9.17) is 10.5 Å². The Kier molecular flexibility index (Phi) is 6.59. The minimum absolute atomic E-state index is 0.0816. The lowest BCUT2D eigenvalue weighted by Crippen LogP contribution is -2.18. The Morgan fingerprint density at radius 2 is 2.00 bits per heavy atom. The predicted molar refractivity (Wildman–Crippen MR) is 107 cm³/mol. The van der Waals surface area contributed by atoms with Crippen LogP contribution in [-0.4, -0.2) is 22.9 Å². The molecule has 0 saturated heterocycles. The number of aryl methyl sites for hydroxylation is 1. The molecular weight excluding hydrogens is 362 g/mol. The highest BCUT2D eigenvalue weighted by Gasteiger charge is 2.17. The molecule has 146 valence electrons. The molecule has 1 aromatic heterocycles. The van der Waals surface area contributed by atoms with Crippen molar-refractivity contribution in [2.45, 2.75) is 52.5 Å². The third-order valence-electron chi connectivity index (χ3n) is 4.11. The van der Waals surface area contributed by atoms with Gasteiger partial charge < -0.3 is 10.5 Å². The summed E-state index contributed by atoms with van der Waals surface area (Å²) in [6.45, 7) is 8.47. The van der Waals surface area contributed by atoms with Crippen LogP contribution in [0.1, 0.15) is 66.8 Å². The molecule has 0 radical (unpaired) electrons. The van der Waals surface area contributed by atoms with Crippen LogP contribution in [0.4, 0.5) is 0 Å². The number of unbranched alkanes of at least 4 members (excludes halogenated alkanes) is 1. The Labute approximate surface area is 163 Å². The molecule has 0 aliphatic heterocycles. The summed E-state index contributed by atoms with van der Waals surface area (Å²) in [5, 5.41) is 0. The number of hydrogen-bond acceptors (Lipinski definition) is 4. The van der Waals surface area contributed by atoms with Gasteiger partial charge in [-0.3, -0.25) is 13.5 Å². The van der Waals surface area contributed by atoms with Gasteiger partial charge in [0.1, 0.15) is 10.4 Å². The number of aromatic nitrogens is 1. The molecule has 0 aliphatic carbocycles. The zero-order valence-corrected chi connectivity index (χ0v) is 17.4. The minimum Gasteiger partial charge on any atom is -0.496 e. The highest BCUT2D eigenvalue weighted by Crippen LogP contribution is 2.21. The van der Waals surface area contributed by atoms with Crippen molar-refractivity contribution in [3.63, 3.8) is 0 Å². The lowest BCUT2D eigenvalue weighted by Gasteiger charge is -2.19. The first kappa shape index (κ1) is 20.9. The van der Waals surface area contributed by atoms with E-state index in [9.17, 15) is 9.59 Å². The second-order valence-electron chi connectivity index (χ2n) is 7.35. The number of rotatable bonds is 6. The number of ether oxygens (including phenoxy) is 1. The molecule has 7 heteroatoms. The average Bonchev–Trinajstić information content (AvgIpc) is 3.02. The summed E-state index contributed by atoms with van der Waals surface area (Å²) in [5.41, 5.74) is 6.84. The van der Waals surface area contributed by atoms with Crippen molar-refractivity contribution in [1.29, 1.82) is 0 Å². The van der Waals surface area contributed by atoms with E-state index >= 15 is 0 Å². The molecule has 2 aromatic rings. The van der Waals surface area contributed by atoms with Gasteiger partial charge in [-0.1, -0.05) is 13.3 Å². The zero-order valence-electron chi connectivity index (χ0n) is 16.5. The molecule has 0 fully saturated rings. The first-order valence-corrected chi connectivity index (χ1v) is 9.74. The Balaban J connectivity index is 2.48. The van der Waals surface area contributed by atoms with Crippen LogP contribution in [0.2, 0.25) is 0 Å². The van der Waals surface area contributed by atoms with Gasteiger partial charge >= 0.3 is 0 Å². The molecule has 2 rings (SSSR count). The number of hydrogen-bond donors (Lipinski definition) is 1. The average molecular weight is 390 g/mol. The van der Waals surface area contributed by atoms with Gasteiger partial charge in [0.2, 0.25) is 0 Å². The van der Waals surface area contributed by atoms with Gasteiger partial charge in [0.05, 0.1) is 12.7 Å². The van der Waals surface area contributed by atoms with E-state index in [2.05, 4.69) is 42.8 Å². The van der Waals surface area contributed by atoms with Crippen LogP contribution in [0.15, 0.2) is 29.4 Å². The van der Waals surface area contributed by atoms with Crippen molar-refractivity contribution in [1.82, 2.24) is 3.96 Å². The summed E-state index contributed by atoms with van der Waals surface area (Å²) in [6, 6.07) is 4.59. The van der Waals surface area contributed by atoms with E-state index < -0.39 is 11.8 Å². The maximum Gasteiger partial charge on any atom is 0.278 e. The lowest BCUT2D eigenvalue weighted by atomic mass is 10.1. The molecule has 0 atom stereocenters. The van der Waals surface area contributed by atoms with Crippen LogP contribution in [0.3, 0.4) is 0 Å². The fraction of sp³-hybridized carbons (Fsp3) is 0.450. The summed E-state index contributed by atoms with van der Waals surface area (Å²) >= 11 is 1.47. The molecule has 2 amide bonds. The van der Waals surface area contributed by atoms with Crippen LogP contribution in [-0.2, 0) is 12.0 Å². The maximum atomic E-state index is 12.7. The summed E-state index contributed by atoms with van der Waals surface area (Å²) in [5.74, 6) is -0.711. The van der Waals surface area contributed by atoms with Crippen molar-refractivity contribution < 1.29 is 14.3 Å². The van der Waals surface area contributed by atoms with Gasteiger partial charge in [-0.2, -0.15) is 4.99 Å². The zero-order chi connectivity index (χ0) is 20.2. The lowest BCUT2D eigenvalue weighted by molar-refractivity contribution is 0.0997. The number of amides is 2. The maximum absolute atomic E-state index is 12.7. The predicted octanol–water partition coefficient (Wildman–Crippen LogP) is 3.50. The molecule has 0 saturated carbocycles. The van der Waals surface area contributed by atoms with Crippen molar-refractivity contribution >= 4 is 23.3 Å². The smallest absolute Gasteiger partial charge is 0.278 e. The quantitative estimate of drug-likeness (QED) is 0.820. The Morgan fingerprint density at radius 3 is 2.56 bits per heavy atom. The first-order chi connectivity index (χ1) is 12.7. The highest BCUT2D eigenvalue weighted by molar-refractivity contribution is 7.04. The van der Waals surface area contributed by atoms with E-state index in [0.29, 0.717) is 16.0 Å². The third-order valence-corrected chi connectivity index (χ3v) is 5.48. The molecule has 0 bridgehead atoms. The highest BCUT2D eigenvalue weighted by atomic mass is 32.1. The van der Waals surface area contributed by atoms with Gasteiger partial charge in [0.15, 0.2) is 0 Å². The van der Waals surface area contributed by atoms with E-state index in [1.165, 1.54) is 24.7 Å². The van der Waals surface area contributed by atoms with E-state index in [1.807, 2.05) is 0 Å². The van der Waals surface area contributed by atoms with Gasteiger partial charge in [0.25, 0.3) is 11.8 Å². The van der Waals surface area contributed by atoms with Gasteiger partial charge in [-0.25, -0.2) is 0 Å². The fourth-order valence-corrected chi connectivity index (χ4v) is 3.56. The van der Waals surface area contributed by atoms with Crippen molar-refractivity contribution in [2.24, 2.45) is 10.7 Å². The summed E-state index contributed by atoms with van der Waals surface area (Å²) in [7, 11) is 1.45. The second-order valence-corrected chi connectivity index (χ2v) is 8.31. The number of nitrogens with zero attached hydrogens (tertiary/aromatic N) is 2. The van der Waals surface area contributed by atoms with Gasteiger partial charge in [-0.05, 0) is 63.3 Å². The summed E-state index contributed by atoms with van der Waals surface area (Å²) in [6.07, 6.45) is 5.05. The van der Waals surface area contributed by atoms with Crippen LogP contribution in [0.5, 0.6) is 5.75 Å². The normalized spacial score (nSPS) is 12.3. The van der Waals surface area contributed by atoms with Crippen LogP contribution < -0.4 is 15.1 Å². The molecule has 1 heterocycles. The Hall–Kier alpha value is -2.41. The molecule has 0 aliphatic rings. The number of carbonyl (C=O) groups excluding carboxylic acids is 2. The van der Waals surface area contributed by atoms with Crippen molar-refractivity contribution in [3.05, 3.63) is 45.8 Å². The Bertz CT molecular complexity index is 904. The SMILES string of the molecule is CCCCc1cn(C(C)(C)C)s/c1=N\C(=O)c1ccc(OC)c(C(N)=O)c1. The topological polar surface area (TPSA) is 86.7 Å². The van der Waals surface area contributed by atoms with Gasteiger partial charge in [0, 0.05) is 22.9 Å². The standard InChI is InChI=1S/C20H27N3O3S/c1-6-7-8-14-12-23(20(2,3)4)27-19(14)22-18(25)13-9-10-16(26-5)15(11-13)17(21)24/h9-12H,6-8H2,1-5H3,(H2,21,24)/b22-19-. The minimum atomic E-state index is -0.646. The number of methoxy groups -OCH3 is 1. The summed E-state index contributed by atoms with van der Waals surface area (Å²) < 4.78 is 7.95. The largest absolute Gasteiger partial charge is 0.496 e. The fourth-order valence-electron chi connectivity index (χ4n) is 2.53. The van der Waals surface area contributed by atoms with Crippen LogP contribution >= 0.6 is 11.5 Å². The monoisotopic (exact) mass is 389 g/mol. The second kappa shape index (κ2) is 8.52. The molecule has 6 nitrogen and oxygen atoms in total. The molecule has 2 N–H and O–H groups in total. The van der Waals surface area contributed by atoms with Crippen LogP contribution in [0, 0.1) is 0 Å². The molecule has 27 heavy (non-hydrogen) atoms. The van der Waals surface area contributed by atoms with E-state index in [0.717, 1.165) is 24.8 Å². The molecule has 1 aromatic carbocycles. The third kappa shape index (κ3) is 5.07. The Morgan fingerprint density at radius 1 is 1.30 bits per heavy atom. The number of carbonyl (C=O) groups is 2.